The van der Waals surface area contributed by atoms with Crippen LogP contribution in [0.3, 0.4) is 0 Å². The summed E-state index contributed by atoms with van der Waals surface area (Å²) in [5.74, 6) is -1.72. The first kappa shape index (κ1) is 40.8. The molecule has 3 aromatic carbocycles. The summed E-state index contributed by atoms with van der Waals surface area (Å²) in [4.78, 5) is 49.4. The lowest BCUT2D eigenvalue weighted by atomic mass is 10.0. The van der Waals surface area contributed by atoms with E-state index >= 15 is 4.39 Å². The van der Waals surface area contributed by atoms with E-state index in [1.54, 1.807) is 32.0 Å². The number of carbonyl (C=O) groups excluding carboxylic acids is 3. The third-order valence-corrected chi connectivity index (χ3v) is 10.2. The molecule has 3 amide bonds. The first-order chi connectivity index (χ1) is 26.3. The molecule has 5 rings (SSSR count). The molecular formula is C37H42F2N5O10P. The molecule has 0 radical (unpaired) electrons. The van der Waals surface area contributed by atoms with Gasteiger partial charge in [-0.25, -0.2) is 13.6 Å². The van der Waals surface area contributed by atoms with Crippen molar-refractivity contribution in [3.63, 3.8) is 0 Å². The molecule has 4 aromatic rings. The Hall–Kier alpha value is -5.35. The van der Waals surface area contributed by atoms with E-state index in [9.17, 15) is 23.3 Å². The van der Waals surface area contributed by atoms with Crippen LogP contribution in [0.15, 0.2) is 66.9 Å². The van der Waals surface area contributed by atoms with Crippen LogP contribution in [0.5, 0.6) is 23.0 Å². The lowest BCUT2D eigenvalue weighted by Crippen LogP contribution is -2.36. The van der Waals surface area contributed by atoms with Gasteiger partial charge in [0, 0.05) is 49.2 Å². The Bertz CT molecular complexity index is 2060. The molecule has 0 bridgehead atoms. The normalized spacial score (nSPS) is 13.2. The monoisotopic (exact) mass is 785 g/mol. The highest BCUT2D eigenvalue weighted by Gasteiger charge is 2.56. The van der Waals surface area contributed by atoms with Crippen LogP contribution in [0.4, 0.5) is 25.0 Å². The van der Waals surface area contributed by atoms with Crippen LogP contribution in [-0.4, -0.2) is 86.7 Å². The van der Waals surface area contributed by atoms with E-state index in [1.807, 2.05) is 0 Å². The van der Waals surface area contributed by atoms with Gasteiger partial charge < -0.3 is 43.6 Å². The fraction of sp³-hybridized carbons (Fsp3) is 0.351. The topological polar surface area (TPSA) is 167 Å². The number of ether oxygens (including phenoxy) is 3. The Morgan fingerprint density at radius 3 is 2.11 bits per heavy atom. The van der Waals surface area contributed by atoms with Gasteiger partial charge in [0.2, 0.25) is 11.8 Å². The summed E-state index contributed by atoms with van der Waals surface area (Å²) in [5.41, 5.74) is -0.445. The van der Waals surface area contributed by atoms with Crippen molar-refractivity contribution in [3.8, 4) is 23.0 Å². The van der Waals surface area contributed by atoms with Crippen LogP contribution in [0.2, 0.25) is 0 Å². The number of anilines is 2. The van der Waals surface area contributed by atoms with Gasteiger partial charge in [0.05, 0.1) is 32.4 Å². The molecule has 15 nitrogen and oxygen atoms in total. The van der Waals surface area contributed by atoms with Gasteiger partial charge in [-0.3, -0.25) is 19.1 Å². The standard InChI is InChI=1S/C37H42F2N5O10P/c1-6-51-55(48,52-7-2)23-44(54-36(47)43(3)4)18-19-50-33-22-29-27(21-32(33)49-5)30(14-17-40-29)53-31-13-12-26(20-28(31)39)42-35(46)37(15-16-37)34(45)41-25-10-8-24(38)9-11-25/h8-14,17,20-22H,6-7,15-16,18-19,23H2,1-5H3,(H,41,45)(H,42,46). The molecule has 1 saturated carbocycles. The van der Waals surface area contributed by atoms with Gasteiger partial charge in [0.1, 0.15) is 29.9 Å². The predicted molar refractivity (Wildman–Crippen MR) is 198 cm³/mol. The Kier molecular flexibility index (Phi) is 13.3. The average Bonchev–Trinajstić information content (AvgIpc) is 3.96. The number of halogens is 2. The number of hydrogen-bond acceptors (Lipinski definition) is 12. The Balaban J connectivity index is 1.26. The maximum atomic E-state index is 15.4. The number of hydroxylamine groups is 2. The van der Waals surface area contributed by atoms with E-state index in [0.717, 1.165) is 11.1 Å². The summed E-state index contributed by atoms with van der Waals surface area (Å²) in [6.07, 6.45) is 1.03. The zero-order valence-corrected chi connectivity index (χ0v) is 31.8. The molecule has 1 aliphatic rings. The summed E-state index contributed by atoms with van der Waals surface area (Å²) < 4.78 is 70.0. The van der Waals surface area contributed by atoms with Crippen LogP contribution in [0, 0.1) is 17.0 Å². The fourth-order valence-electron chi connectivity index (χ4n) is 5.29. The van der Waals surface area contributed by atoms with Crippen molar-refractivity contribution in [1.29, 1.82) is 0 Å². The fourth-order valence-corrected chi connectivity index (χ4v) is 6.90. The number of hydrogen-bond donors (Lipinski definition) is 2. The second-order valence-corrected chi connectivity index (χ2v) is 14.5. The van der Waals surface area contributed by atoms with Gasteiger partial charge in [0.15, 0.2) is 23.1 Å². The van der Waals surface area contributed by atoms with E-state index in [4.69, 9.17) is 28.1 Å². The summed E-state index contributed by atoms with van der Waals surface area (Å²) >= 11 is 0. The van der Waals surface area contributed by atoms with Gasteiger partial charge in [-0.1, -0.05) is 0 Å². The summed E-state index contributed by atoms with van der Waals surface area (Å²) in [7, 11) is 0.806. The maximum Gasteiger partial charge on any atom is 0.428 e. The van der Waals surface area contributed by atoms with Gasteiger partial charge in [-0.15, -0.1) is 5.06 Å². The summed E-state index contributed by atoms with van der Waals surface area (Å²) in [5, 5.41) is 6.85. The Morgan fingerprint density at radius 1 is 0.855 bits per heavy atom. The van der Waals surface area contributed by atoms with Crippen molar-refractivity contribution < 1.29 is 55.8 Å². The zero-order valence-electron chi connectivity index (χ0n) is 30.9. The molecular weight excluding hydrogens is 743 g/mol. The molecule has 0 atom stereocenters. The highest BCUT2D eigenvalue weighted by Crippen LogP contribution is 2.49. The second-order valence-electron chi connectivity index (χ2n) is 12.5. The molecule has 2 N–H and O–H groups in total. The van der Waals surface area contributed by atoms with E-state index in [2.05, 4.69) is 15.6 Å². The quantitative estimate of drug-likeness (QED) is 0.0593. The first-order valence-electron chi connectivity index (χ1n) is 17.3. The SMILES string of the molecule is CCOP(=O)(CN(CCOc1cc2nccc(Oc3ccc(NC(=O)C4(C(=O)Nc5ccc(F)cc5)CC4)cc3F)c2cc1OC)OC(=O)N(C)C)OCC. The number of rotatable bonds is 18. The van der Waals surface area contributed by atoms with Gasteiger partial charge >= 0.3 is 13.7 Å². The van der Waals surface area contributed by atoms with Crippen LogP contribution in [-0.2, 0) is 28.0 Å². The van der Waals surface area contributed by atoms with Crippen molar-refractivity contribution in [2.45, 2.75) is 26.7 Å². The minimum absolute atomic E-state index is 0.0264. The predicted octanol–water partition coefficient (Wildman–Crippen LogP) is 7.19. The molecule has 1 aromatic heterocycles. The molecule has 1 heterocycles. The Labute approximate surface area is 316 Å². The molecule has 0 unspecified atom stereocenters. The van der Waals surface area contributed by atoms with Crippen LogP contribution in [0.25, 0.3) is 10.9 Å². The molecule has 0 aliphatic heterocycles. The lowest BCUT2D eigenvalue weighted by molar-refractivity contribution is -0.131. The minimum atomic E-state index is -3.63. The van der Waals surface area contributed by atoms with Gasteiger partial charge in [-0.05, 0) is 75.2 Å². The maximum absolute atomic E-state index is 15.4. The molecule has 0 spiro atoms. The van der Waals surface area contributed by atoms with Crippen molar-refractivity contribution in [1.82, 2.24) is 14.9 Å². The van der Waals surface area contributed by atoms with Crippen molar-refractivity contribution in [3.05, 3.63) is 78.5 Å². The van der Waals surface area contributed by atoms with Crippen LogP contribution in [0.1, 0.15) is 26.7 Å². The number of aromatic nitrogens is 1. The number of fused-ring (bicyclic) bond motifs is 1. The third-order valence-electron chi connectivity index (χ3n) is 8.27. The van der Waals surface area contributed by atoms with Crippen LogP contribution < -0.4 is 24.8 Å². The highest BCUT2D eigenvalue weighted by atomic mass is 31.2. The summed E-state index contributed by atoms with van der Waals surface area (Å²) in [6, 6.07) is 13.8. The van der Waals surface area contributed by atoms with Crippen LogP contribution >= 0.6 is 7.60 Å². The molecule has 1 fully saturated rings. The smallest absolute Gasteiger partial charge is 0.428 e. The molecule has 294 valence electrons. The number of carbonyl (C=O) groups is 3. The van der Waals surface area contributed by atoms with E-state index in [-0.39, 0.29) is 61.3 Å². The number of pyridine rings is 1. The second kappa shape index (κ2) is 17.9. The molecule has 55 heavy (non-hydrogen) atoms. The lowest BCUT2D eigenvalue weighted by Gasteiger charge is -2.26. The number of nitrogens with one attached hydrogen (secondary N) is 2. The molecule has 0 saturated heterocycles. The van der Waals surface area contributed by atoms with Crippen molar-refractivity contribution in [2.24, 2.45) is 5.41 Å². The van der Waals surface area contributed by atoms with E-state index in [0.29, 0.717) is 29.4 Å². The zero-order chi connectivity index (χ0) is 39.8. The third kappa shape index (κ3) is 10.2. The largest absolute Gasteiger partial charge is 0.493 e. The highest BCUT2D eigenvalue weighted by molar-refractivity contribution is 7.53. The number of methoxy groups -OCH3 is 1. The van der Waals surface area contributed by atoms with Crippen molar-refractivity contribution >= 4 is 47.8 Å². The average molecular weight is 786 g/mol. The minimum Gasteiger partial charge on any atom is -0.493 e. The number of nitrogens with zero attached hydrogens (tertiary/aromatic N) is 3. The number of amides is 3. The summed E-state index contributed by atoms with van der Waals surface area (Å²) in [6.45, 7) is 3.51. The first-order valence-corrected chi connectivity index (χ1v) is 19.0. The van der Waals surface area contributed by atoms with Crippen molar-refractivity contribution in [2.75, 3.05) is 64.5 Å². The molecule has 18 heteroatoms. The van der Waals surface area contributed by atoms with Gasteiger partial charge in [-0.2, -0.15) is 0 Å². The molecule has 1 aliphatic carbocycles. The van der Waals surface area contributed by atoms with E-state index < -0.39 is 42.6 Å². The Morgan fingerprint density at radius 2 is 1.51 bits per heavy atom. The van der Waals surface area contributed by atoms with E-state index in [1.165, 1.54) is 68.7 Å². The van der Waals surface area contributed by atoms with Gasteiger partial charge in [0.25, 0.3) is 0 Å². The number of benzene rings is 3.